The average Bonchev–Trinajstić information content (AvgIpc) is 3.45. The van der Waals surface area contributed by atoms with Crippen LogP contribution in [-0.4, -0.2) is 39.3 Å². The maximum absolute atomic E-state index is 12.7. The van der Waals surface area contributed by atoms with E-state index in [4.69, 9.17) is 4.74 Å². The fourth-order valence-electron chi connectivity index (χ4n) is 4.12. The molecule has 1 atom stereocenters. The molecule has 1 aliphatic rings. The van der Waals surface area contributed by atoms with Gasteiger partial charge in [0.15, 0.2) is 0 Å². The zero-order valence-electron chi connectivity index (χ0n) is 17.9. The number of fused-ring (bicyclic) bond motifs is 1. The van der Waals surface area contributed by atoms with Crippen molar-refractivity contribution in [3.05, 3.63) is 102 Å². The van der Waals surface area contributed by atoms with E-state index in [0.717, 1.165) is 37.4 Å². The highest BCUT2D eigenvalue weighted by molar-refractivity contribution is 5.94. The van der Waals surface area contributed by atoms with Crippen LogP contribution in [-0.2, 0) is 13.2 Å². The van der Waals surface area contributed by atoms with E-state index in [9.17, 15) is 4.79 Å². The fourth-order valence-corrected chi connectivity index (χ4v) is 4.12. The Kier molecular flexibility index (Phi) is 5.85. The van der Waals surface area contributed by atoms with Gasteiger partial charge >= 0.3 is 0 Å². The van der Waals surface area contributed by atoms with Gasteiger partial charge in [-0.3, -0.25) is 9.69 Å². The fraction of sp³-hybridized carbons (Fsp3) is 0.231. The third kappa shape index (κ3) is 4.81. The number of rotatable bonds is 7. The highest BCUT2D eigenvalue weighted by Crippen LogP contribution is 2.17. The number of hydrogen-bond acceptors (Lipinski definition) is 4. The Morgan fingerprint density at radius 3 is 2.66 bits per heavy atom. The minimum absolute atomic E-state index is 0.0385. The number of amides is 1. The number of imidazole rings is 1. The van der Waals surface area contributed by atoms with E-state index in [0.29, 0.717) is 17.9 Å². The summed E-state index contributed by atoms with van der Waals surface area (Å²) < 4.78 is 7.81. The number of carbonyl (C=O) groups is 1. The van der Waals surface area contributed by atoms with Gasteiger partial charge in [-0.05, 0) is 48.4 Å². The molecule has 6 heteroatoms. The van der Waals surface area contributed by atoms with E-state index in [2.05, 4.69) is 39.5 Å². The quantitative estimate of drug-likeness (QED) is 0.487. The number of nitrogens with one attached hydrogen (secondary N) is 1. The molecule has 1 saturated heterocycles. The number of ether oxygens (including phenoxy) is 1. The van der Waals surface area contributed by atoms with Gasteiger partial charge in [0, 0.05) is 43.6 Å². The second kappa shape index (κ2) is 9.24. The smallest absolute Gasteiger partial charge is 0.251 e. The topological polar surface area (TPSA) is 58.9 Å². The first-order chi connectivity index (χ1) is 15.7. The molecule has 4 aromatic rings. The number of carbonyl (C=O) groups excluding carboxylic acids is 1. The van der Waals surface area contributed by atoms with Crippen LogP contribution in [0.2, 0.25) is 0 Å². The van der Waals surface area contributed by atoms with Crippen LogP contribution in [0.15, 0.2) is 85.2 Å². The van der Waals surface area contributed by atoms with Crippen LogP contribution in [0.3, 0.4) is 0 Å². The Labute approximate surface area is 187 Å². The van der Waals surface area contributed by atoms with Crippen molar-refractivity contribution in [2.24, 2.45) is 0 Å². The van der Waals surface area contributed by atoms with E-state index in [1.807, 2.05) is 65.3 Å². The molecule has 0 saturated carbocycles. The maximum atomic E-state index is 12.7. The molecular formula is C26H26N4O2. The first-order valence-electron chi connectivity index (χ1n) is 11.0. The number of aromatic nitrogens is 2. The lowest BCUT2D eigenvalue weighted by molar-refractivity contribution is 0.0937. The van der Waals surface area contributed by atoms with Gasteiger partial charge in [-0.1, -0.05) is 36.4 Å². The van der Waals surface area contributed by atoms with Gasteiger partial charge in [0.05, 0.1) is 5.69 Å². The van der Waals surface area contributed by atoms with Crippen LogP contribution >= 0.6 is 0 Å². The van der Waals surface area contributed by atoms with Crippen molar-refractivity contribution < 1.29 is 9.53 Å². The molecule has 1 unspecified atom stereocenters. The monoisotopic (exact) mass is 426 g/mol. The molecule has 1 fully saturated rings. The molecular weight excluding hydrogens is 400 g/mol. The SMILES string of the molecule is O=C(NC1CCN(Cc2ccccc2)C1)c1ccc(OCc2cn3ccccc3n2)cc1. The third-order valence-corrected chi connectivity index (χ3v) is 5.77. The molecule has 0 aliphatic carbocycles. The van der Waals surface area contributed by atoms with Crippen LogP contribution in [0.1, 0.15) is 28.0 Å². The van der Waals surface area contributed by atoms with Crippen molar-refractivity contribution in [1.29, 1.82) is 0 Å². The van der Waals surface area contributed by atoms with Gasteiger partial charge in [0.1, 0.15) is 18.0 Å². The zero-order chi connectivity index (χ0) is 21.8. The summed E-state index contributed by atoms with van der Waals surface area (Å²) in [6.07, 6.45) is 4.89. The summed E-state index contributed by atoms with van der Waals surface area (Å²) >= 11 is 0. The second-order valence-corrected chi connectivity index (χ2v) is 8.19. The molecule has 1 aliphatic heterocycles. The van der Waals surface area contributed by atoms with Crippen LogP contribution in [0.25, 0.3) is 5.65 Å². The zero-order valence-corrected chi connectivity index (χ0v) is 17.9. The molecule has 3 heterocycles. The first-order valence-corrected chi connectivity index (χ1v) is 11.0. The first kappa shape index (κ1) is 20.3. The standard InChI is InChI=1S/C26H26N4O2/c31-26(28-22-13-15-29(17-22)16-20-6-2-1-3-7-20)21-9-11-24(12-10-21)32-19-23-18-30-14-5-4-8-25(30)27-23/h1-12,14,18,22H,13,15-17,19H2,(H,28,31). The van der Waals surface area contributed by atoms with E-state index in [1.54, 1.807) is 0 Å². The second-order valence-electron chi connectivity index (χ2n) is 8.19. The van der Waals surface area contributed by atoms with Crippen molar-refractivity contribution >= 4 is 11.6 Å². The Hall–Kier alpha value is -3.64. The molecule has 1 N–H and O–H groups in total. The average molecular weight is 427 g/mol. The summed E-state index contributed by atoms with van der Waals surface area (Å²) in [4.78, 5) is 19.6. The minimum atomic E-state index is -0.0385. The van der Waals surface area contributed by atoms with Gasteiger partial charge in [-0.2, -0.15) is 0 Å². The van der Waals surface area contributed by atoms with Crippen LogP contribution in [0, 0.1) is 0 Å². The van der Waals surface area contributed by atoms with Crippen LogP contribution < -0.4 is 10.1 Å². The van der Waals surface area contributed by atoms with E-state index < -0.39 is 0 Å². The number of hydrogen-bond donors (Lipinski definition) is 1. The molecule has 0 spiro atoms. The Morgan fingerprint density at radius 1 is 1.03 bits per heavy atom. The highest BCUT2D eigenvalue weighted by Gasteiger charge is 2.24. The van der Waals surface area contributed by atoms with Gasteiger partial charge < -0.3 is 14.5 Å². The van der Waals surface area contributed by atoms with E-state index in [-0.39, 0.29) is 11.9 Å². The molecule has 162 valence electrons. The summed E-state index contributed by atoms with van der Waals surface area (Å²) in [6.45, 7) is 3.18. The Balaban J connectivity index is 1.11. The molecule has 0 radical (unpaired) electrons. The number of nitrogens with zero attached hydrogens (tertiary/aromatic N) is 3. The number of pyridine rings is 1. The molecule has 1 amide bonds. The molecule has 2 aromatic heterocycles. The van der Waals surface area contributed by atoms with Crippen molar-refractivity contribution in [1.82, 2.24) is 19.6 Å². The van der Waals surface area contributed by atoms with E-state index in [1.165, 1.54) is 5.56 Å². The molecule has 2 aromatic carbocycles. The Bertz CT molecular complexity index is 1150. The van der Waals surface area contributed by atoms with Gasteiger partial charge in [0.25, 0.3) is 5.91 Å². The predicted octanol–water partition coefficient (Wildman–Crippen LogP) is 3.92. The molecule has 32 heavy (non-hydrogen) atoms. The van der Waals surface area contributed by atoms with E-state index >= 15 is 0 Å². The largest absolute Gasteiger partial charge is 0.487 e. The van der Waals surface area contributed by atoms with Gasteiger partial charge in [0.2, 0.25) is 0 Å². The molecule has 0 bridgehead atoms. The molecule has 5 rings (SSSR count). The summed E-state index contributed by atoms with van der Waals surface area (Å²) in [7, 11) is 0. The summed E-state index contributed by atoms with van der Waals surface area (Å²) in [5.74, 6) is 0.678. The van der Waals surface area contributed by atoms with Gasteiger partial charge in [-0.15, -0.1) is 0 Å². The summed E-state index contributed by atoms with van der Waals surface area (Å²) in [6, 6.07) is 23.8. The van der Waals surface area contributed by atoms with Crippen molar-refractivity contribution in [2.45, 2.75) is 25.6 Å². The highest BCUT2D eigenvalue weighted by atomic mass is 16.5. The lowest BCUT2D eigenvalue weighted by Crippen LogP contribution is -2.36. The summed E-state index contributed by atoms with van der Waals surface area (Å²) in [5, 5.41) is 3.17. The Morgan fingerprint density at radius 2 is 1.84 bits per heavy atom. The van der Waals surface area contributed by atoms with Crippen molar-refractivity contribution in [3.8, 4) is 5.75 Å². The molecule has 6 nitrogen and oxygen atoms in total. The number of likely N-dealkylation sites (tertiary alicyclic amines) is 1. The van der Waals surface area contributed by atoms with Crippen molar-refractivity contribution in [3.63, 3.8) is 0 Å². The third-order valence-electron chi connectivity index (χ3n) is 5.77. The normalized spacial score (nSPS) is 16.3. The minimum Gasteiger partial charge on any atom is -0.487 e. The predicted molar refractivity (Wildman–Crippen MR) is 124 cm³/mol. The lowest BCUT2D eigenvalue weighted by atomic mass is 10.2. The van der Waals surface area contributed by atoms with Crippen LogP contribution in [0.5, 0.6) is 5.75 Å². The summed E-state index contributed by atoms with van der Waals surface area (Å²) in [5.41, 5.74) is 3.71. The van der Waals surface area contributed by atoms with Crippen LogP contribution in [0.4, 0.5) is 0 Å². The van der Waals surface area contributed by atoms with Crippen molar-refractivity contribution in [2.75, 3.05) is 13.1 Å². The van der Waals surface area contributed by atoms with Gasteiger partial charge in [-0.25, -0.2) is 4.98 Å². The number of benzene rings is 2. The lowest BCUT2D eigenvalue weighted by Gasteiger charge is -2.17. The maximum Gasteiger partial charge on any atom is 0.251 e.